The predicted octanol–water partition coefficient (Wildman–Crippen LogP) is 3.80. The molecule has 0 spiro atoms. The van der Waals surface area contributed by atoms with Gasteiger partial charge in [-0.3, -0.25) is 14.2 Å². The average Bonchev–Trinajstić information content (AvgIpc) is 2.75. The number of amides is 1. The first kappa shape index (κ1) is 18.6. The van der Waals surface area contributed by atoms with Crippen molar-refractivity contribution < 1.29 is 4.79 Å². The Kier molecular flexibility index (Phi) is 5.18. The Labute approximate surface area is 171 Å². The highest BCUT2D eigenvalue weighted by Crippen LogP contribution is 2.13. The Morgan fingerprint density at radius 1 is 0.966 bits per heavy atom. The lowest BCUT2D eigenvalue weighted by atomic mass is 10.2. The normalized spacial score (nSPS) is 11.1. The quantitative estimate of drug-likeness (QED) is 0.416. The number of para-hydroxylation sites is 2. The molecule has 1 amide bonds. The van der Waals surface area contributed by atoms with Gasteiger partial charge in [-0.15, -0.1) is 0 Å². The summed E-state index contributed by atoms with van der Waals surface area (Å²) in [5.41, 5.74) is 3.86. The molecule has 0 saturated carbocycles. The van der Waals surface area contributed by atoms with E-state index in [0.29, 0.717) is 21.6 Å². The van der Waals surface area contributed by atoms with Crippen molar-refractivity contribution in [3.8, 4) is 5.69 Å². The predicted molar refractivity (Wildman–Crippen MR) is 114 cm³/mol. The lowest BCUT2D eigenvalue weighted by Crippen LogP contribution is -2.31. The molecule has 1 heterocycles. The maximum Gasteiger partial charge on any atom is 0.307 e. The van der Waals surface area contributed by atoms with E-state index in [2.05, 4.69) is 15.5 Å². The minimum atomic E-state index is -0.595. The van der Waals surface area contributed by atoms with Gasteiger partial charge >= 0.3 is 5.91 Å². The molecule has 0 aliphatic rings. The number of rotatable bonds is 4. The van der Waals surface area contributed by atoms with E-state index in [4.69, 9.17) is 11.6 Å². The van der Waals surface area contributed by atoms with Crippen LogP contribution in [-0.4, -0.2) is 21.7 Å². The van der Waals surface area contributed by atoms with E-state index in [1.807, 2.05) is 6.07 Å². The number of hydrazone groups is 1. The number of aromatic nitrogens is 2. The summed E-state index contributed by atoms with van der Waals surface area (Å²) in [4.78, 5) is 30.3. The largest absolute Gasteiger partial charge is 0.307 e. The van der Waals surface area contributed by atoms with Crippen molar-refractivity contribution in [3.05, 3.63) is 106 Å². The van der Waals surface area contributed by atoms with Gasteiger partial charge in [-0.05, 0) is 42.0 Å². The molecule has 0 bridgehead atoms. The Bertz CT molecular complexity index is 1270. The van der Waals surface area contributed by atoms with Gasteiger partial charge in [-0.25, -0.2) is 10.4 Å². The minimum Gasteiger partial charge on any atom is -0.268 e. The van der Waals surface area contributed by atoms with Crippen molar-refractivity contribution in [1.29, 1.82) is 0 Å². The number of fused-ring (bicyclic) bond motifs is 1. The van der Waals surface area contributed by atoms with E-state index in [1.54, 1.807) is 72.8 Å². The van der Waals surface area contributed by atoms with Gasteiger partial charge in [0.05, 0.1) is 22.8 Å². The highest BCUT2D eigenvalue weighted by atomic mass is 35.5. The summed E-state index contributed by atoms with van der Waals surface area (Å²) in [6.07, 6.45) is 1.49. The van der Waals surface area contributed by atoms with Gasteiger partial charge in [0.25, 0.3) is 5.56 Å². The molecule has 0 unspecified atom stereocenters. The van der Waals surface area contributed by atoms with Crippen molar-refractivity contribution in [2.24, 2.45) is 5.10 Å². The number of nitrogens with zero attached hydrogens (tertiary/aromatic N) is 3. The molecule has 4 aromatic rings. The monoisotopic (exact) mass is 402 g/mol. The van der Waals surface area contributed by atoms with Crippen LogP contribution in [0, 0.1) is 0 Å². The molecule has 0 atom stereocenters. The van der Waals surface area contributed by atoms with Crippen LogP contribution in [0.25, 0.3) is 16.6 Å². The molecule has 0 aliphatic carbocycles. The molecule has 4 rings (SSSR count). The summed E-state index contributed by atoms with van der Waals surface area (Å²) < 4.78 is 1.29. The first-order valence-electron chi connectivity index (χ1n) is 8.80. The summed E-state index contributed by atoms with van der Waals surface area (Å²) in [6.45, 7) is 0. The van der Waals surface area contributed by atoms with Crippen LogP contribution in [0.5, 0.6) is 0 Å². The van der Waals surface area contributed by atoms with Crippen molar-refractivity contribution >= 4 is 34.6 Å². The lowest BCUT2D eigenvalue weighted by Gasteiger charge is -2.12. The second-order valence-electron chi connectivity index (χ2n) is 6.18. The van der Waals surface area contributed by atoms with Crippen molar-refractivity contribution in [3.63, 3.8) is 0 Å². The maximum atomic E-state index is 13.1. The SMILES string of the molecule is O=C(N/N=C/c1ccc(Cl)cc1)c1nc2ccccc2c(=O)n1-c1ccccc1. The van der Waals surface area contributed by atoms with Crippen molar-refractivity contribution in [2.45, 2.75) is 0 Å². The fraction of sp³-hybridized carbons (Fsp3) is 0. The molecule has 0 aliphatic heterocycles. The molecule has 7 heteroatoms. The molecule has 29 heavy (non-hydrogen) atoms. The summed E-state index contributed by atoms with van der Waals surface area (Å²) in [5, 5.41) is 5.01. The Hall–Kier alpha value is -3.77. The molecular formula is C22H15ClN4O2. The van der Waals surface area contributed by atoms with Crippen LogP contribution in [0.1, 0.15) is 16.2 Å². The molecule has 0 fully saturated rings. The Balaban J connectivity index is 1.74. The van der Waals surface area contributed by atoms with E-state index in [9.17, 15) is 9.59 Å². The molecule has 0 saturated heterocycles. The van der Waals surface area contributed by atoms with Gasteiger partial charge in [-0.2, -0.15) is 5.10 Å². The van der Waals surface area contributed by atoms with Gasteiger partial charge in [-0.1, -0.05) is 54.1 Å². The van der Waals surface area contributed by atoms with Crippen molar-refractivity contribution in [2.75, 3.05) is 0 Å². The Morgan fingerprint density at radius 3 is 2.41 bits per heavy atom. The van der Waals surface area contributed by atoms with Gasteiger partial charge in [0.1, 0.15) is 0 Å². The number of carbonyl (C=O) groups excluding carboxylic acids is 1. The summed E-state index contributed by atoms with van der Waals surface area (Å²) in [6, 6.07) is 22.8. The zero-order chi connectivity index (χ0) is 20.2. The van der Waals surface area contributed by atoms with Crippen LogP contribution in [0.3, 0.4) is 0 Å². The second-order valence-corrected chi connectivity index (χ2v) is 6.62. The molecule has 1 N–H and O–H groups in total. The lowest BCUT2D eigenvalue weighted by molar-refractivity contribution is 0.0942. The van der Waals surface area contributed by atoms with Gasteiger partial charge in [0.15, 0.2) is 0 Å². The van der Waals surface area contributed by atoms with E-state index < -0.39 is 5.91 Å². The first-order valence-corrected chi connectivity index (χ1v) is 9.17. The zero-order valence-corrected chi connectivity index (χ0v) is 15.9. The molecule has 142 valence electrons. The maximum absolute atomic E-state index is 13.1. The van der Waals surface area contributed by atoms with Crippen LogP contribution in [0.15, 0.2) is 88.8 Å². The molecule has 3 aromatic carbocycles. The smallest absolute Gasteiger partial charge is 0.268 e. The molecule has 1 aromatic heterocycles. The minimum absolute atomic E-state index is 0.0480. The fourth-order valence-electron chi connectivity index (χ4n) is 2.87. The van der Waals surface area contributed by atoms with Crippen molar-refractivity contribution in [1.82, 2.24) is 15.0 Å². The zero-order valence-electron chi connectivity index (χ0n) is 15.1. The number of halogens is 1. The van der Waals surface area contributed by atoms with Gasteiger partial charge in [0.2, 0.25) is 5.82 Å². The summed E-state index contributed by atoms with van der Waals surface area (Å²) in [7, 11) is 0. The Morgan fingerprint density at radius 2 is 1.66 bits per heavy atom. The second kappa shape index (κ2) is 8.08. The number of nitrogens with one attached hydrogen (secondary N) is 1. The van der Waals surface area contributed by atoms with Crippen LogP contribution in [0.2, 0.25) is 5.02 Å². The molecular weight excluding hydrogens is 388 g/mol. The third-order valence-electron chi connectivity index (χ3n) is 4.24. The van der Waals surface area contributed by atoms with Gasteiger partial charge in [0, 0.05) is 5.02 Å². The standard InChI is InChI=1S/C22H15ClN4O2/c23-16-12-10-15(11-13-16)14-24-26-21(28)20-25-19-9-5-4-8-18(19)22(29)27(20)17-6-2-1-3-7-17/h1-14H,(H,26,28)/b24-14+. The van der Waals surface area contributed by atoms with E-state index in [1.165, 1.54) is 10.8 Å². The van der Waals surface area contributed by atoms with Crippen LogP contribution < -0.4 is 11.0 Å². The number of benzene rings is 3. The van der Waals surface area contributed by atoms with E-state index in [-0.39, 0.29) is 11.4 Å². The molecule has 0 radical (unpaired) electrons. The van der Waals surface area contributed by atoms with Gasteiger partial charge < -0.3 is 0 Å². The summed E-state index contributed by atoms with van der Waals surface area (Å²) in [5.74, 6) is -0.643. The van der Waals surface area contributed by atoms with Crippen LogP contribution >= 0.6 is 11.6 Å². The average molecular weight is 403 g/mol. The first-order chi connectivity index (χ1) is 14.1. The van der Waals surface area contributed by atoms with E-state index in [0.717, 1.165) is 5.56 Å². The number of hydrogen-bond donors (Lipinski definition) is 1. The summed E-state index contributed by atoms with van der Waals surface area (Å²) >= 11 is 5.86. The van der Waals surface area contributed by atoms with Crippen LogP contribution in [0.4, 0.5) is 0 Å². The third kappa shape index (κ3) is 3.93. The van der Waals surface area contributed by atoms with E-state index >= 15 is 0 Å². The topological polar surface area (TPSA) is 76.3 Å². The highest BCUT2D eigenvalue weighted by Gasteiger charge is 2.18. The van der Waals surface area contributed by atoms with Crippen LogP contribution in [-0.2, 0) is 0 Å². The highest BCUT2D eigenvalue weighted by molar-refractivity contribution is 6.30. The molecule has 6 nitrogen and oxygen atoms in total. The number of hydrogen-bond acceptors (Lipinski definition) is 4. The number of carbonyl (C=O) groups is 1. The fourth-order valence-corrected chi connectivity index (χ4v) is 2.99. The third-order valence-corrected chi connectivity index (χ3v) is 4.49.